The summed E-state index contributed by atoms with van der Waals surface area (Å²) >= 11 is 0. The van der Waals surface area contributed by atoms with Crippen molar-refractivity contribution in [2.45, 2.75) is 232 Å². The molecule has 0 aromatic carbocycles. The van der Waals surface area contributed by atoms with Gasteiger partial charge in [-0.15, -0.1) is 0 Å². The van der Waals surface area contributed by atoms with Crippen molar-refractivity contribution >= 4 is 19.8 Å². The summed E-state index contributed by atoms with van der Waals surface area (Å²) < 4.78 is 32.8. The van der Waals surface area contributed by atoms with Gasteiger partial charge in [0.05, 0.1) is 25.9 Å². The first-order valence-corrected chi connectivity index (χ1v) is 26.5. The highest BCUT2D eigenvalue weighted by Crippen LogP contribution is 2.43. The van der Waals surface area contributed by atoms with Crippen LogP contribution in [-0.4, -0.2) is 76.9 Å². The average Bonchev–Trinajstić information content (AvgIpc) is 3.26. The Morgan fingerprint density at radius 1 is 0.540 bits per heavy atom. The van der Waals surface area contributed by atoms with Crippen LogP contribution in [0.5, 0.6) is 0 Å². The number of phosphoric ester groups is 1. The molecule has 0 fully saturated rings. The van der Waals surface area contributed by atoms with E-state index in [1.165, 1.54) is 103 Å². The van der Waals surface area contributed by atoms with Gasteiger partial charge in [0.25, 0.3) is 0 Å². The molecule has 0 rings (SSSR count). The molecule has 63 heavy (non-hydrogen) atoms. The quantitative estimate of drug-likeness (QED) is 0.0198. The van der Waals surface area contributed by atoms with Crippen LogP contribution >= 0.6 is 7.82 Å². The molecule has 0 aromatic heterocycles. The third-order valence-electron chi connectivity index (χ3n) is 11.0. The maximum Gasteiger partial charge on any atom is 0.472 e. The molecule has 0 spiro atoms. The molecule has 0 aliphatic heterocycles. The monoisotopic (exact) mass is 913 g/mol. The van der Waals surface area contributed by atoms with Gasteiger partial charge in [-0.2, -0.15) is 0 Å². The normalized spacial score (nSPS) is 15.1. The van der Waals surface area contributed by atoms with Crippen LogP contribution in [0.15, 0.2) is 48.6 Å². The van der Waals surface area contributed by atoms with Gasteiger partial charge >= 0.3 is 19.8 Å². The van der Waals surface area contributed by atoms with Crippen molar-refractivity contribution in [3.05, 3.63) is 48.6 Å². The van der Waals surface area contributed by atoms with E-state index in [1.54, 1.807) is 0 Å². The van der Waals surface area contributed by atoms with Crippen molar-refractivity contribution in [2.24, 2.45) is 5.92 Å². The van der Waals surface area contributed by atoms with Gasteiger partial charge in [0, 0.05) is 12.8 Å². The lowest BCUT2D eigenvalue weighted by Crippen LogP contribution is -2.29. The molecular formula is C51H93O11P. The summed E-state index contributed by atoms with van der Waals surface area (Å²) in [5.74, 6) is -0.113. The second-order valence-electron chi connectivity index (χ2n) is 17.4. The smallest absolute Gasteiger partial charge is 0.462 e. The van der Waals surface area contributed by atoms with Gasteiger partial charge in [0.2, 0.25) is 0 Å². The summed E-state index contributed by atoms with van der Waals surface area (Å²) in [6.07, 6.45) is 46.4. The molecule has 368 valence electrons. The van der Waals surface area contributed by atoms with Crippen molar-refractivity contribution in [1.29, 1.82) is 0 Å². The second kappa shape index (κ2) is 45.1. The Labute approximate surface area is 384 Å². The van der Waals surface area contributed by atoms with Gasteiger partial charge in [-0.3, -0.25) is 18.6 Å². The maximum absolute atomic E-state index is 12.7. The Morgan fingerprint density at radius 2 is 0.968 bits per heavy atom. The van der Waals surface area contributed by atoms with Crippen LogP contribution in [0.2, 0.25) is 0 Å². The van der Waals surface area contributed by atoms with E-state index in [-0.39, 0.29) is 25.6 Å². The third kappa shape index (κ3) is 46.2. The molecule has 0 aliphatic rings. The lowest BCUT2D eigenvalue weighted by molar-refractivity contribution is -0.161. The number of allylic oxidation sites excluding steroid dienone is 8. The van der Waals surface area contributed by atoms with Crippen LogP contribution in [0.1, 0.15) is 213 Å². The molecule has 0 saturated heterocycles. The Morgan fingerprint density at radius 3 is 1.44 bits per heavy atom. The van der Waals surface area contributed by atoms with Crippen LogP contribution in [0.3, 0.4) is 0 Å². The van der Waals surface area contributed by atoms with E-state index >= 15 is 0 Å². The van der Waals surface area contributed by atoms with Gasteiger partial charge in [-0.05, 0) is 70.6 Å². The van der Waals surface area contributed by atoms with Gasteiger partial charge in [-0.1, -0.05) is 184 Å². The summed E-state index contributed by atoms with van der Waals surface area (Å²) in [6.45, 7) is 4.27. The van der Waals surface area contributed by atoms with E-state index < -0.39 is 51.8 Å². The summed E-state index contributed by atoms with van der Waals surface area (Å²) in [7, 11) is -4.64. The number of aliphatic hydroxyl groups is 3. The fourth-order valence-electron chi connectivity index (χ4n) is 6.81. The van der Waals surface area contributed by atoms with E-state index in [0.29, 0.717) is 19.3 Å². The zero-order chi connectivity index (χ0) is 46.5. The Balaban J connectivity index is 4.25. The minimum Gasteiger partial charge on any atom is -0.462 e. The summed E-state index contributed by atoms with van der Waals surface area (Å²) in [5, 5.41) is 27.7. The number of phosphoric acid groups is 1. The fourth-order valence-corrected chi connectivity index (χ4v) is 7.60. The molecule has 0 saturated carbocycles. The Kier molecular flexibility index (Phi) is 43.6. The van der Waals surface area contributed by atoms with Crippen LogP contribution < -0.4 is 0 Å². The number of hydrogen-bond donors (Lipinski definition) is 4. The molecule has 0 heterocycles. The molecule has 0 aromatic rings. The highest BCUT2D eigenvalue weighted by molar-refractivity contribution is 7.47. The van der Waals surface area contributed by atoms with Crippen molar-refractivity contribution < 1.29 is 52.9 Å². The second-order valence-corrected chi connectivity index (χ2v) is 18.8. The zero-order valence-corrected chi connectivity index (χ0v) is 41.0. The Hall–Kier alpha value is -2.11. The van der Waals surface area contributed by atoms with Crippen LogP contribution in [0.25, 0.3) is 0 Å². The van der Waals surface area contributed by atoms with Gasteiger partial charge < -0.3 is 29.7 Å². The van der Waals surface area contributed by atoms with Crippen molar-refractivity contribution in [1.82, 2.24) is 0 Å². The maximum atomic E-state index is 12.7. The molecule has 0 radical (unpaired) electrons. The number of ether oxygens (including phenoxy) is 2. The van der Waals surface area contributed by atoms with Gasteiger partial charge in [0.1, 0.15) is 12.7 Å². The van der Waals surface area contributed by atoms with Crippen LogP contribution in [0, 0.1) is 5.92 Å². The van der Waals surface area contributed by atoms with Crippen molar-refractivity contribution in [3.8, 4) is 0 Å². The molecule has 2 unspecified atom stereocenters. The first-order chi connectivity index (χ1) is 30.5. The van der Waals surface area contributed by atoms with Gasteiger partial charge in [-0.25, -0.2) is 4.57 Å². The molecule has 0 amide bonds. The average molecular weight is 913 g/mol. The largest absolute Gasteiger partial charge is 0.472 e. The minimum atomic E-state index is -4.64. The molecule has 0 aliphatic carbocycles. The third-order valence-corrected chi connectivity index (χ3v) is 12.0. The van der Waals surface area contributed by atoms with E-state index in [4.69, 9.17) is 23.6 Å². The highest BCUT2D eigenvalue weighted by atomic mass is 31.2. The van der Waals surface area contributed by atoms with Crippen LogP contribution in [0.4, 0.5) is 0 Å². The number of hydrogen-bond acceptors (Lipinski definition) is 10. The van der Waals surface area contributed by atoms with E-state index in [1.807, 2.05) is 19.1 Å². The number of aliphatic hydroxyl groups excluding tert-OH is 3. The number of carbonyl (C=O) groups excluding carboxylic acids is 2. The molecule has 12 heteroatoms. The predicted molar refractivity (Wildman–Crippen MR) is 257 cm³/mol. The summed E-state index contributed by atoms with van der Waals surface area (Å²) in [6, 6.07) is 0. The number of esters is 2. The lowest BCUT2D eigenvalue weighted by atomic mass is 9.99. The molecule has 5 atom stereocenters. The highest BCUT2D eigenvalue weighted by Gasteiger charge is 2.27. The van der Waals surface area contributed by atoms with Gasteiger partial charge in [0.15, 0.2) is 6.10 Å². The van der Waals surface area contributed by atoms with E-state index in [9.17, 15) is 29.3 Å². The number of carbonyl (C=O) groups is 2. The first kappa shape index (κ1) is 60.9. The van der Waals surface area contributed by atoms with Crippen molar-refractivity contribution in [3.63, 3.8) is 0 Å². The number of rotatable bonds is 46. The fraction of sp³-hybridized carbons (Fsp3) is 0.804. The minimum absolute atomic E-state index is 0.154. The first-order valence-electron chi connectivity index (χ1n) is 25.0. The van der Waals surface area contributed by atoms with Crippen LogP contribution in [-0.2, 0) is 32.7 Å². The van der Waals surface area contributed by atoms with Crippen molar-refractivity contribution in [2.75, 3.05) is 26.4 Å². The molecule has 0 bridgehead atoms. The molecule has 4 N–H and O–H groups in total. The number of unbranched alkanes of at least 4 members (excludes halogenated alkanes) is 19. The van der Waals surface area contributed by atoms with E-state index in [2.05, 4.69) is 50.3 Å². The summed E-state index contributed by atoms with van der Waals surface area (Å²) in [4.78, 5) is 35.1. The summed E-state index contributed by atoms with van der Waals surface area (Å²) in [5.41, 5.74) is 0. The molecular weight excluding hydrogens is 820 g/mol. The van der Waals surface area contributed by atoms with E-state index in [0.717, 1.165) is 63.7 Å². The standard InChI is InChI=1S/C51H93O11P/c1-4-46(2)38-34-30-26-22-18-14-10-7-5-6-8-12-17-21-25-29-33-37-41-51(56)62-49(45-61-63(57,58)60-43-48(54)42-52)44-59-50(55)40-36-32-28-24-20-16-13-9-11-15-19-23-27-31-35-39-47(3)53/h11,13,15-16,23-24,27-28,46-49,52-54H,4-10,12,14,17-22,25-26,29-45H2,1-3H3,(H,57,58)/b15-11-,16-13-,27-23-,28-24-/t46?,47-,48+,49-/m1/s1. The Bertz CT molecular complexity index is 1220. The SMILES string of the molecule is CCC(C)CCCCCCCCCCCCCCCCCCCCC(=O)O[C@H](COC(=O)CCC/C=C\C/C=C\C/C=C\C/C=C\CCC[C@@H](C)O)COP(=O)(O)OC[C@@H](O)CO. The zero-order valence-electron chi connectivity index (χ0n) is 40.1. The topological polar surface area (TPSA) is 169 Å². The molecule has 11 nitrogen and oxygen atoms in total. The lowest BCUT2D eigenvalue weighted by Gasteiger charge is -2.20. The predicted octanol–water partition coefficient (Wildman–Crippen LogP) is 12.9.